The van der Waals surface area contributed by atoms with Crippen LogP contribution in [-0.2, 0) is 4.74 Å². The van der Waals surface area contributed by atoms with Crippen LogP contribution in [0.25, 0.3) is 0 Å². The molecule has 19 heavy (non-hydrogen) atoms. The quantitative estimate of drug-likeness (QED) is 0.845. The van der Waals surface area contributed by atoms with Crippen molar-refractivity contribution in [3.63, 3.8) is 0 Å². The van der Waals surface area contributed by atoms with E-state index < -0.39 is 0 Å². The summed E-state index contributed by atoms with van der Waals surface area (Å²) in [6, 6.07) is 3.83. The van der Waals surface area contributed by atoms with Gasteiger partial charge in [0.2, 0.25) is 0 Å². The highest BCUT2D eigenvalue weighted by Gasteiger charge is 2.17. The Morgan fingerprint density at radius 1 is 1.42 bits per heavy atom. The highest BCUT2D eigenvalue weighted by molar-refractivity contribution is 9.10. The molecule has 3 nitrogen and oxygen atoms in total. The predicted molar refractivity (Wildman–Crippen MR) is 80.7 cm³/mol. The molecule has 1 aromatic carbocycles. The molecule has 0 aliphatic heterocycles. The van der Waals surface area contributed by atoms with Crippen LogP contribution in [-0.4, -0.2) is 19.6 Å². The molecule has 0 saturated heterocycles. The molecule has 0 bridgehead atoms. The fourth-order valence-electron chi connectivity index (χ4n) is 2.65. The van der Waals surface area contributed by atoms with E-state index in [0.29, 0.717) is 5.56 Å². The van der Waals surface area contributed by atoms with Gasteiger partial charge in [-0.2, -0.15) is 0 Å². The summed E-state index contributed by atoms with van der Waals surface area (Å²) in [4.78, 5) is 11.7. The van der Waals surface area contributed by atoms with E-state index in [-0.39, 0.29) is 5.97 Å². The number of benzene rings is 1. The first-order chi connectivity index (χ1) is 9.11. The third kappa shape index (κ3) is 3.50. The summed E-state index contributed by atoms with van der Waals surface area (Å²) >= 11 is 3.45. The Hall–Kier alpha value is -1.03. The molecular weight excluding hydrogens is 306 g/mol. The maximum absolute atomic E-state index is 11.7. The molecular formula is C15H20BrNO2. The second kappa shape index (κ2) is 6.42. The molecule has 0 spiro atoms. The minimum absolute atomic E-state index is 0.289. The molecule has 0 heterocycles. The predicted octanol–water partition coefficient (Wildman–Crippen LogP) is 4.15. The van der Waals surface area contributed by atoms with Crippen molar-refractivity contribution in [2.24, 2.45) is 5.92 Å². The summed E-state index contributed by atoms with van der Waals surface area (Å²) < 4.78 is 5.71. The average Bonchev–Trinajstić information content (AvgIpc) is 2.91. The lowest BCUT2D eigenvalue weighted by Crippen LogP contribution is -2.13. The van der Waals surface area contributed by atoms with Gasteiger partial charge in [0.05, 0.1) is 12.7 Å². The number of halogens is 1. The van der Waals surface area contributed by atoms with Crippen LogP contribution in [0.15, 0.2) is 16.6 Å². The van der Waals surface area contributed by atoms with Crippen LogP contribution in [0.2, 0.25) is 0 Å². The van der Waals surface area contributed by atoms with Crippen LogP contribution in [0.3, 0.4) is 0 Å². The Morgan fingerprint density at radius 2 is 2.11 bits per heavy atom. The van der Waals surface area contributed by atoms with Crippen molar-refractivity contribution in [3.8, 4) is 0 Å². The van der Waals surface area contributed by atoms with Gasteiger partial charge in [-0.15, -0.1) is 0 Å². The van der Waals surface area contributed by atoms with Gasteiger partial charge < -0.3 is 10.1 Å². The Kier molecular flexibility index (Phi) is 4.86. The molecule has 0 atom stereocenters. The fraction of sp³-hybridized carbons (Fsp3) is 0.533. The van der Waals surface area contributed by atoms with Crippen molar-refractivity contribution in [2.75, 3.05) is 19.0 Å². The standard InChI is InChI=1S/C15H20BrNO2/c1-10-13(15(18)19-2)7-12(16)8-14(10)17-9-11-5-3-4-6-11/h7-8,11,17H,3-6,9H2,1-2H3. The highest BCUT2D eigenvalue weighted by Crippen LogP contribution is 2.28. The smallest absolute Gasteiger partial charge is 0.338 e. The van der Waals surface area contributed by atoms with Gasteiger partial charge in [-0.25, -0.2) is 4.79 Å². The Bertz CT molecular complexity index is 467. The molecule has 1 aromatic rings. The molecule has 0 radical (unpaired) electrons. The van der Waals surface area contributed by atoms with Gasteiger partial charge in [-0.1, -0.05) is 28.8 Å². The molecule has 2 rings (SSSR count). The number of ether oxygens (including phenoxy) is 1. The second-order valence-electron chi connectivity index (χ2n) is 5.15. The van der Waals surface area contributed by atoms with Crippen molar-refractivity contribution in [1.29, 1.82) is 0 Å². The van der Waals surface area contributed by atoms with E-state index in [9.17, 15) is 4.79 Å². The third-order valence-electron chi connectivity index (χ3n) is 3.83. The van der Waals surface area contributed by atoms with Crippen LogP contribution >= 0.6 is 15.9 Å². The van der Waals surface area contributed by atoms with Crippen LogP contribution in [0.4, 0.5) is 5.69 Å². The van der Waals surface area contributed by atoms with Crippen molar-refractivity contribution in [2.45, 2.75) is 32.6 Å². The first-order valence-electron chi connectivity index (χ1n) is 6.74. The number of carbonyl (C=O) groups excluding carboxylic acids is 1. The van der Waals surface area contributed by atoms with Gasteiger partial charge in [-0.3, -0.25) is 0 Å². The molecule has 0 aromatic heterocycles. The molecule has 1 aliphatic rings. The largest absolute Gasteiger partial charge is 0.465 e. The van der Waals surface area contributed by atoms with Crippen molar-refractivity contribution >= 4 is 27.6 Å². The van der Waals surface area contributed by atoms with Crippen molar-refractivity contribution < 1.29 is 9.53 Å². The average molecular weight is 326 g/mol. The summed E-state index contributed by atoms with van der Waals surface area (Å²) in [6.07, 6.45) is 5.31. The number of methoxy groups -OCH3 is 1. The molecule has 0 amide bonds. The first-order valence-corrected chi connectivity index (χ1v) is 7.53. The summed E-state index contributed by atoms with van der Waals surface area (Å²) in [5, 5.41) is 3.48. The topological polar surface area (TPSA) is 38.3 Å². The Labute approximate surface area is 122 Å². The van der Waals surface area contributed by atoms with Gasteiger partial charge in [0.15, 0.2) is 0 Å². The monoisotopic (exact) mass is 325 g/mol. The van der Waals surface area contributed by atoms with Gasteiger partial charge in [-0.05, 0) is 43.4 Å². The zero-order valence-corrected chi connectivity index (χ0v) is 13.0. The minimum Gasteiger partial charge on any atom is -0.465 e. The molecule has 4 heteroatoms. The summed E-state index contributed by atoms with van der Waals surface area (Å²) in [7, 11) is 1.41. The maximum atomic E-state index is 11.7. The lowest BCUT2D eigenvalue weighted by molar-refractivity contribution is 0.0600. The summed E-state index contributed by atoms with van der Waals surface area (Å²) in [5.41, 5.74) is 2.58. The van der Waals surface area contributed by atoms with E-state index in [0.717, 1.165) is 28.2 Å². The van der Waals surface area contributed by atoms with E-state index in [4.69, 9.17) is 4.74 Å². The molecule has 1 N–H and O–H groups in total. The number of anilines is 1. The van der Waals surface area contributed by atoms with E-state index in [2.05, 4.69) is 21.2 Å². The zero-order chi connectivity index (χ0) is 13.8. The zero-order valence-electron chi connectivity index (χ0n) is 11.5. The third-order valence-corrected chi connectivity index (χ3v) is 4.29. The number of hydrogen-bond acceptors (Lipinski definition) is 3. The SMILES string of the molecule is COC(=O)c1cc(Br)cc(NCC2CCCC2)c1C. The lowest BCUT2D eigenvalue weighted by Gasteiger charge is -2.16. The molecule has 1 aliphatic carbocycles. The number of esters is 1. The van der Waals surface area contributed by atoms with Crippen LogP contribution < -0.4 is 5.32 Å². The van der Waals surface area contributed by atoms with Gasteiger partial charge in [0.1, 0.15) is 0 Å². The minimum atomic E-state index is -0.289. The van der Waals surface area contributed by atoms with Crippen molar-refractivity contribution in [1.82, 2.24) is 0 Å². The highest BCUT2D eigenvalue weighted by atomic mass is 79.9. The maximum Gasteiger partial charge on any atom is 0.338 e. The number of rotatable bonds is 4. The lowest BCUT2D eigenvalue weighted by atomic mass is 10.1. The summed E-state index contributed by atoms with van der Waals surface area (Å²) in [6.45, 7) is 2.94. The van der Waals surface area contributed by atoms with E-state index in [1.54, 1.807) is 0 Å². The van der Waals surface area contributed by atoms with Gasteiger partial charge >= 0.3 is 5.97 Å². The van der Waals surface area contributed by atoms with E-state index in [1.165, 1.54) is 32.8 Å². The molecule has 104 valence electrons. The fourth-order valence-corrected chi connectivity index (χ4v) is 3.11. The summed E-state index contributed by atoms with van der Waals surface area (Å²) in [5.74, 6) is 0.475. The van der Waals surface area contributed by atoms with E-state index in [1.807, 2.05) is 19.1 Å². The van der Waals surface area contributed by atoms with Gasteiger partial charge in [0, 0.05) is 16.7 Å². The Morgan fingerprint density at radius 3 is 2.74 bits per heavy atom. The number of hydrogen-bond donors (Lipinski definition) is 1. The molecule has 1 fully saturated rings. The second-order valence-corrected chi connectivity index (χ2v) is 6.06. The van der Waals surface area contributed by atoms with Gasteiger partial charge in [0.25, 0.3) is 0 Å². The van der Waals surface area contributed by atoms with Crippen LogP contribution in [0.5, 0.6) is 0 Å². The number of nitrogens with one attached hydrogen (secondary N) is 1. The number of carbonyl (C=O) groups is 1. The normalized spacial score (nSPS) is 15.5. The van der Waals surface area contributed by atoms with Crippen LogP contribution in [0.1, 0.15) is 41.6 Å². The van der Waals surface area contributed by atoms with Crippen LogP contribution in [0, 0.1) is 12.8 Å². The Balaban J connectivity index is 2.14. The molecule has 0 unspecified atom stereocenters. The van der Waals surface area contributed by atoms with Crippen molar-refractivity contribution in [3.05, 3.63) is 27.7 Å². The first kappa shape index (κ1) is 14.4. The van der Waals surface area contributed by atoms with E-state index >= 15 is 0 Å². The molecule has 1 saturated carbocycles.